The standard InChI is InChI=1S/C17H28N2O2/c1-6-9-18-16-12-14(4)7-8-15(16)17(20)19(13(2)3)10-11-21-5/h7-8,12-13,18H,6,9-11H2,1-5H3. The Balaban J connectivity index is 3.02. The molecule has 0 fully saturated rings. The molecule has 1 N–H and O–H groups in total. The number of benzene rings is 1. The molecule has 0 aromatic heterocycles. The van der Waals surface area contributed by atoms with Gasteiger partial charge in [-0.25, -0.2) is 0 Å². The molecule has 0 heterocycles. The predicted molar refractivity (Wildman–Crippen MR) is 88.0 cm³/mol. The minimum atomic E-state index is 0.0562. The number of aryl methyl sites for hydroxylation is 1. The van der Waals surface area contributed by atoms with Crippen molar-refractivity contribution in [1.82, 2.24) is 4.90 Å². The molecule has 1 rings (SSSR count). The zero-order chi connectivity index (χ0) is 15.8. The van der Waals surface area contributed by atoms with E-state index in [-0.39, 0.29) is 11.9 Å². The van der Waals surface area contributed by atoms with Crippen LogP contribution in [0.2, 0.25) is 0 Å². The summed E-state index contributed by atoms with van der Waals surface area (Å²) in [5.41, 5.74) is 2.81. The van der Waals surface area contributed by atoms with Crippen molar-refractivity contribution in [3.8, 4) is 0 Å². The van der Waals surface area contributed by atoms with Gasteiger partial charge in [0.15, 0.2) is 0 Å². The fourth-order valence-corrected chi connectivity index (χ4v) is 2.19. The predicted octanol–water partition coefficient (Wildman–Crippen LogP) is 3.31. The van der Waals surface area contributed by atoms with Gasteiger partial charge in [-0.05, 0) is 44.9 Å². The highest BCUT2D eigenvalue weighted by atomic mass is 16.5. The highest BCUT2D eigenvalue weighted by Gasteiger charge is 2.21. The Morgan fingerprint density at radius 3 is 2.67 bits per heavy atom. The number of hydrogen-bond acceptors (Lipinski definition) is 3. The van der Waals surface area contributed by atoms with Gasteiger partial charge < -0.3 is 15.0 Å². The number of anilines is 1. The molecule has 0 aliphatic rings. The van der Waals surface area contributed by atoms with Crippen LogP contribution in [0, 0.1) is 6.92 Å². The summed E-state index contributed by atoms with van der Waals surface area (Å²) in [7, 11) is 1.66. The van der Waals surface area contributed by atoms with E-state index in [1.807, 2.05) is 43.9 Å². The van der Waals surface area contributed by atoms with Crippen molar-refractivity contribution in [1.29, 1.82) is 0 Å². The van der Waals surface area contributed by atoms with Crippen molar-refractivity contribution < 1.29 is 9.53 Å². The minimum Gasteiger partial charge on any atom is -0.384 e. The first-order valence-corrected chi connectivity index (χ1v) is 7.65. The van der Waals surface area contributed by atoms with Gasteiger partial charge in [-0.3, -0.25) is 4.79 Å². The molecule has 0 unspecified atom stereocenters. The van der Waals surface area contributed by atoms with Crippen LogP contribution in [0.1, 0.15) is 43.1 Å². The zero-order valence-corrected chi connectivity index (χ0v) is 13.9. The van der Waals surface area contributed by atoms with E-state index >= 15 is 0 Å². The lowest BCUT2D eigenvalue weighted by Gasteiger charge is -2.27. The SMILES string of the molecule is CCCNc1cc(C)ccc1C(=O)N(CCOC)C(C)C. The molecular formula is C17H28N2O2. The van der Waals surface area contributed by atoms with Crippen LogP contribution in [0.15, 0.2) is 18.2 Å². The van der Waals surface area contributed by atoms with Crippen LogP contribution in [0.3, 0.4) is 0 Å². The second kappa shape index (κ2) is 8.67. The molecule has 0 saturated carbocycles. The van der Waals surface area contributed by atoms with E-state index in [4.69, 9.17) is 4.74 Å². The third-order valence-electron chi connectivity index (χ3n) is 3.39. The van der Waals surface area contributed by atoms with Crippen molar-refractivity contribution in [3.63, 3.8) is 0 Å². The lowest BCUT2D eigenvalue weighted by atomic mass is 10.1. The molecule has 0 aliphatic heterocycles. The van der Waals surface area contributed by atoms with Crippen LogP contribution in [0.5, 0.6) is 0 Å². The monoisotopic (exact) mass is 292 g/mol. The first-order valence-electron chi connectivity index (χ1n) is 7.65. The number of carbonyl (C=O) groups is 1. The van der Waals surface area contributed by atoms with Crippen molar-refractivity contribution >= 4 is 11.6 Å². The molecule has 21 heavy (non-hydrogen) atoms. The largest absolute Gasteiger partial charge is 0.384 e. The van der Waals surface area contributed by atoms with E-state index in [0.717, 1.165) is 29.8 Å². The van der Waals surface area contributed by atoms with E-state index < -0.39 is 0 Å². The lowest BCUT2D eigenvalue weighted by Crippen LogP contribution is -2.39. The van der Waals surface area contributed by atoms with Gasteiger partial charge in [-0.15, -0.1) is 0 Å². The van der Waals surface area contributed by atoms with Gasteiger partial charge in [0.2, 0.25) is 0 Å². The van der Waals surface area contributed by atoms with E-state index in [1.54, 1.807) is 7.11 Å². The van der Waals surface area contributed by atoms with Crippen LogP contribution in [-0.2, 0) is 4.74 Å². The van der Waals surface area contributed by atoms with E-state index in [0.29, 0.717) is 13.2 Å². The highest BCUT2D eigenvalue weighted by Crippen LogP contribution is 2.20. The fourth-order valence-electron chi connectivity index (χ4n) is 2.19. The van der Waals surface area contributed by atoms with Gasteiger partial charge in [0.25, 0.3) is 5.91 Å². The van der Waals surface area contributed by atoms with E-state index in [2.05, 4.69) is 12.2 Å². The second-order valence-electron chi connectivity index (χ2n) is 5.56. The summed E-state index contributed by atoms with van der Waals surface area (Å²) >= 11 is 0. The number of methoxy groups -OCH3 is 1. The maximum atomic E-state index is 12.8. The molecule has 4 heteroatoms. The van der Waals surface area contributed by atoms with Crippen molar-refractivity contribution in [3.05, 3.63) is 29.3 Å². The van der Waals surface area contributed by atoms with Gasteiger partial charge >= 0.3 is 0 Å². The number of amides is 1. The third kappa shape index (κ3) is 5.05. The Hall–Kier alpha value is -1.55. The quantitative estimate of drug-likeness (QED) is 0.799. The van der Waals surface area contributed by atoms with Gasteiger partial charge in [0, 0.05) is 31.9 Å². The fraction of sp³-hybridized carbons (Fsp3) is 0.588. The number of nitrogens with one attached hydrogen (secondary N) is 1. The van der Waals surface area contributed by atoms with Gasteiger partial charge in [0.05, 0.1) is 12.2 Å². The molecule has 1 amide bonds. The summed E-state index contributed by atoms with van der Waals surface area (Å²) < 4.78 is 5.11. The minimum absolute atomic E-state index is 0.0562. The maximum absolute atomic E-state index is 12.8. The average Bonchev–Trinajstić information content (AvgIpc) is 2.45. The summed E-state index contributed by atoms with van der Waals surface area (Å²) in [5, 5.41) is 3.36. The molecule has 0 saturated heterocycles. The zero-order valence-electron chi connectivity index (χ0n) is 13.9. The number of carbonyl (C=O) groups excluding carboxylic acids is 1. The van der Waals surface area contributed by atoms with Crippen molar-refractivity contribution in [2.45, 2.75) is 40.2 Å². The molecule has 4 nitrogen and oxygen atoms in total. The molecule has 0 spiro atoms. The Labute approximate surface area is 128 Å². The highest BCUT2D eigenvalue weighted by molar-refractivity contribution is 6.00. The maximum Gasteiger partial charge on any atom is 0.256 e. The van der Waals surface area contributed by atoms with Crippen LogP contribution in [-0.4, -0.2) is 43.7 Å². The Kier molecular flexibility index (Phi) is 7.23. The van der Waals surface area contributed by atoms with Gasteiger partial charge in [-0.2, -0.15) is 0 Å². The number of ether oxygens (including phenoxy) is 1. The van der Waals surface area contributed by atoms with Gasteiger partial charge in [-0.1, -0.05) is 13.0 Å². The Bertz CT molecular complexity index is 458. The molecule has 1 aromatic rings. The summed E-state index contributed by atoms with van der Waals surface area (Å²) in [6.45, 7) is 10.2. The topological polar surface area (TPSA) is 41.6 Å². The van der Waals surface area contributed by atoms with Crippen molar-refractivity contribution in [2.75, 3.05) is 32.1 Å². The summed E-state index contributed by atoms with van der Waals surface area (Å²) in [6, 6.07) is 6.09. The normalized spacial score (nSPS) is 10.8. The number of nitrogens with zero attached hydrogens (tertiary/aromatic N) is 1. The summed E-state index contributed by atoms with van der Waals surface area (Å²) in [4.78, 5) is 14.7. The van der Waals surface area contributed by atoms with Crippen LogP contribution < -0.4 is 5.32 Å². The van der Waals surface area contributed by atoms with E-state index in [9.17, 15) is 4.79 Å². The second-order valence-corrected chi connectivity index (χ2v) is 5.56. The Morgan fingerprint density at radius 2 is 2.10 bits per heavy atom. The van der Waals surface area contributed by atoms with E-state index in [1.165, 1.54) is 0 Å². The van der Waals surface area contributed by atoms with Crippen molar-refractivity contribution in [2.24, 2.45) is 0 Å². The summed E-state index contributed by atoms with van der Waals surface area (Å²) in [5.74, 6) is 0.0562. The molecule has 0 bridgehead atoms. The number of rotatable bonds is 8. The lowest BCUT2D eigenvalue weighted by molar-refractivity contribution is 0.0636. The van der Waals surface area contributed by atoms with Crippen LogP contribution in [0.25, 0.3) is 0 Å². The van der Waals surface area contributed by atoms with Crippen LogP contribution in [0.4, 0.5) is 5.69 Å². The average molecular weight is 292 g/mol. The molecular weight excluding hydrogens is 264 g/mol. The molecule has 1 aromatic carbocycles. The van der Waals surface area contributed by atoms with Crippen LogP contribution >= 0.6 is 0 Å². The molecule has 0 aliphatic carbocycles. The molecule has 0 radical (unpaired) electrons. The van der Waals surface area contributed by atoms with Gasteiger partial charge in [0.1, 0.15) is 0 Å². The third-order valence-corrected chi connectivity index (χ3v) is 3.39. The molecule has 118 valence electrons. The first-order chi connectivity index (χ1) is 10.0. The first kappa shape index (κ1) is 17.5. The summed E-state index contributed by atoms with van der Waals surface area (Å²) in [6.07, 6.45) is 1.03. The smallest absolute Gasteiger partial charge is 0.256 e. The number of hydrogen-bond donors (Lipinski definition) is 1. The molecule has 0 atom stereocenters. The Morgan fingerprint density at radius 1 is 1.38 bits per heavy atom.